The van der Waals surface area contributed by atoms with Crippen LogP contribution in [0.25, 0.3) is 0 Å². The molecule has 0 aromatic heterocycles. The minimum absolute atomic E-state index is 0.00516. The topological polar surface area (TPSA) is 83.8 Å². The molecule has 5 heteroatoms. The second-order valence-electron chi connectivity index (χ2n) is 8.14. The van der Waals surface area contributed by atoms with Crippen molar-refractivity contribution in [3.63, 3.8) is 0 Å². The molecular formula is C24H36O5. The highest BCUT2D eigenvalue weighted by atomic mass is 16.5. The van der Waals surface area contributed by atoms with E-state index in [-0.39, 0.29) is 17.1 Å². The largest absolute Gasteiger partial charge is 0.512 e. The SMILES string of the molecule is COC(=O)C(=C(O)CCCC/C=C/C[C@@](C)(O)/C=C/C=C(C)C)[C@H]1CCCC1=O. The zero-order chi connectivity index (χ0) is 21.9. The van der Waals surface area contributed by atoms with Crippen molar-refractivity contribution in [1.82, 2.24) is 0 Å². The van der Waals surface area contributed by atoms with Crippen LogP contribution in [0.15, 0.2) is 47.3 Å². The number of rotatable bonds is 11. The number of ether oxygens (including phenoxy) is 1. The first-order valence-electron chi connectivity index (χ1n) is 10.4. The average Bonchev–Trinajstić information content (AvgIpc) is 3.06. The van der Waals surface area contributed by atoms with E-state index in [0.717, 1.165) is 19.3 Å². The van der Waals surface area contributed by atoms with Gasteiger partial charge < -0.3 is 14.9 Å². The number of hydrogen-bond donors (Lipinski definition) is 2. The van der Waals surface area contributed by atoms with Crippen LogP contribution in [0.1, 0.15) is 72.1 Å². The molecule has 5 nitrogen and oxygen atoms in total. The normalized spacial score (nSPS) is 20.0. The molecule has 0 unspecified atom stereocenters. The summed E-state index contributed by atoms with van der Waals surface area (Å²) < 4.78 is 4.77. The maximum absolute atomic E-state index is 12.0. The maximum Gasteiger partial charge on any atom is 0.337 e. The van der Waals surface area contributed by atoms with E-state index in [1.807, 2.05) is 38.2 Å². The molecule has 0 heterocycles. The number of carbonyl (C=O) groups excluding carboxylic acids is 2. The maximum atomic E-state index is 12.0. The highest BCUT2D eigenvalue weighted by molar-refractivity contribution is 5.98. The second-order valence-corrected chi connectivity index (χ2v) is 8.14. The predicted octanol–water partition coefficient (Wildman–Crippen LogP) is 5.12. The third-order valence-electron chi connectivity index (χ3n) is 4.99. The van der Waals surface area contributed by atoms with Crippen molar-refractivity contribution in [2.75, 3.05) is 7.11 Å². The van der Waals surface area contributed by atoms with Crippen molar-refractivity contribution in [3.8, 4) is 0 Å². The van der Waals surface area contributed by atoms with Crippen LogP contribution in [0.5, 0.6) is 0 Å². The Kier molecular flexibility index (Phi) is 10.7. The lowest BCUT2D eigenvalue weighted by atomic mass is 9.93. The molecule has 0 aliphatic heterocycles. The Bertz CT molecular complexity index is 675. The van der Waals surface area contributed by atoms with Crippen LogP contribution in [-0.4, -0.2) is 34.7 Å². The first-order valence-corrected chi connectivity index (χ1v) is 10.4. The number of methoxy groups -OCH3 is 1. The molecule has 29 heavy (non-hydrogen) atoms. The number of carbonyl (C=O) groups is 2. The van der Waals surface area contributed by atoms with Gasteiger partial charge in [0.25, 0.3) is 0 Å². The first kappa shape index (κ1) is 24.9. The van der Waals surface area contributed by atoms with E-state index >= 15 is 0 Å². The molecule has 2 atom stereocenters. The van der Waals surface area contributed by atoms with E-state index in [4.69, 9.17) is 4.74 Å². The fraction of sp³-hybridized carbons (Fsp3) is 0.583. The van der Waals surface area contributed by atoms with E-state index < -0.39 is 17.5 Å². The van der Waals surface area contributed by atoms with Gasteiger partial charge in [-0.25, -0.2) is 4.79 Å². The molecule has 0 amide bonds. The van der Waals surface area contributed by atoms with Crippen LogP contribution >= 0.6 is 0 Å². The van der Waals surface area contributed by atoms with Crippen molar-refractivity contribution < 1.29 is 24.5 Å². The highest BCUT2D eigenvalue weighted by Crippen LogP contribution is 2.31. The number of aliphatic hydroxyl groups is 2. The van der Waals surface area contributed by atoms with Crippen LogP contribution in [-0.2, 0) is 14.3 Å². The van der Waals surface area contributed by atoms with Gasteiger partial charge in [0, 0.05) is 12.8 Å². The van der Waals surface area contributed by atoms with Crippen molar-refractivity contribution in [3.05, 3.63) is 47.3 Å². The van der Waals surface area contributed by atoms with Gasteiger partial charge in [0.2, 0.25) is 0 Å². The van der Waals surface area contributed by atoms with Crippen LogP contribution in [0, 0.1) is 5.92 Å². The molecule has 0 spiro atoms. The zero-order valence-corrected chi connectivity index (χ0v) is 18.2. The fourth-order valence-corrected chi connectivity index (χ4v) is 3.34. The third kappa shape index (κ3) is 9.27. The van der Waals surface area contributed by atoms with Gasteiger partial charge in [-0.15, -0.1) is 0 Å². The first-order chi connectivity index (χ1) is 13.7. The van der Waals surface area contributed by atoms with Crippen molar-refractivity contribution in [2.45, 2.75) is 77.7 Å². The molecule has 0 radical (unpaired) electrons. The molecule has 0 aromatic rings. The molecule has 1 saturated carbocycles. The lowest BCUT2D eigenvalue weighted by Crippen LogP contribution is -2.20. The van der Waals surface area contributed by atoms with Gasteiger partial charge in [0.1, 0.15) is 11.5 Å². The van der Waals surface area contributed by atoms with Gasteiger partial charge >= 0.3 is 5.97 Å². The summed E-state index contributed by atoms with van der Waals surface area (Å²) in [5, 5.41) is 20.7. The van der Waals surface area contributed by atoms with Crippen LogP contribution in [0.4, 0.5) is 0 Å². The second kappa shape index (κ2) is 12.4. The van der Waals surface area contributed by atoms with Crippen molar-refractivity contribution in [1.29, 1.82) is 0 Å². The molecule has 162 valence electrons. The quantitative estimate of drug-likeness (QED) is 0.125. The minimum atomic E-state index is -0.882. The Balaban J connectivity index is 2.47. The summed E-state index contributed by atoms with van der Waals surface area (Å²) >= 11 is 0. The van der Waals surface area contributed by atoms with Gasteiger partial charge in [-0.2, -0.15) is 0 Å². The Morgan fingerprint density at radius 1 is 1.28 bits per heavy atom. The zero-order valence-electron chi connectivity index (χ0n) is 18.2. The van der Waals surface area contributed by atoms with E-state index in [1.165, 1.54) is 12.7 Å². The Morgan fingerprint density at radius 2 is 2.00 bits per heavy atom. The van der Waals surface area contributed by atoms with Gasteiger partial charge in [0.15, 0.2) is 0 Å². The van der Waals surface area contributed by atoms with E-state index in [0.29, 0.717) is 32.1 Å². The molecule has 2 N–H and O–H groups in total. The molecular weight excluding hydrogens is 368 g/mol. The number of esters is 1. The molecule has 0 aromatic carbocycles. The molecule has 1 aliphatic rings. The average molecular weight is 405 g/mol. The van der Waals surface area contributed by atoms with Crippen LogP contribution in [0.3, 0.4) is 0 Å². The van der Waals surface area contributed by atoms with Gasteiger partial charge in [0.05, 0.1) is 24.2 Å². The predicted molar refractivity (Wildman–Crippen MR) is 115 cm³/mol. The number of ketones is 1. The summed E-state index contributed by atoms with van der Waals surface area (Å²) in [7, 11) is 1.27. The molecule has 1 rings (SSSR count). The van der Waals surface area contributed by atoms with Gasteiger partial charge in [-0.05, 0) is 59.3 Å². The molecule has 0 bridgehead atoms. The summed E-state index contributed by atoms with van der Waals surface area (Å²) in [6.45, 7) is 5.78. The number of allylic oxidation sites excluding steroid dienone is 5. The summed E-state index contributed by atoms with van der Waals surface area (Å²) in [5.41, 5.74) is 0.439. The van der Waals surface area contributed by atoms with Crippen LogP contribution in [0.2, 0.25) is 0 Å². The van der Waals surface area contributed by atoms with E-state index in [1.54, 1.807) is 13.0 Å². The smallest absolute Gasteiger partial charge is 0.337 e. The molecule has 1 aliphatic carbocycles. The number of Topliss-reactive ketones (excluding diaryl/α,β-unsaturated/α-hetero) is 1. The summed E-state index contributed by atoms with van der Waals surface area (Å²) in [6, 6.07) is 0. The van der Waals surface area contributed by atoms with E-state index in [9.17, 15) is 19.8 Å². The lowest BCUT2D eigenvalue weighted by molar-refractivity contribution is -0.138. The summed E-state index contributed by atoms with van der Waals surface area (Å²) in [6.07, 6.45) is 14.6. The standard InChI is InChI=1S/C24H36O5/c1-18(2)12-11-17-24(3,28)16-9-7-5-6-8-14-21(26)22(23(27)29-4)19-13-10-15-20(19)25/h7,9,11-12,17,19,26,28H,5-6,8,10,13-16H2,1-4H3/b9-7+,17-11+,22-21?/t19-,24+/m0/s1. The molecule has 1 fully saturated rings. The Labute approximate surface area is 174 Å². The summed E-state index contributed by atoms with van der Waals surface area (Å²) in [4.78, 5) is 24.0. The molecule has 0 saturated heterocycles. The van der Waals surface area contributed by atoms with E-state index in [2.05, 4.69) is 0 Å². The van der Waals surface area contributed by atoms with Gasteiger partial charge in [-0.3, -0.25) is 4.79 Å². The minimum Gasteiger partial charge on any atom is -0.512 e. The monoisotopic (exact) mass is 404 g/mol. The number of hydrogen-bond acceptors (Lipinski definition) is 5. The number of unbranched alkanes of at least 4 members (excludes halogenated alkanes) is 2. The van der Waals surface area contributed by atoms with Gasteiger partial charge in [-0.1, -0.05) is 36.0 Å². The number of aliphatic hydroxyl groups excluding tert-OH is 1. The van der Waals surface area contributed by atoms with Crippen molar-refractivity contribution in [2.24, 2.45) is 5.92 Å². The lowest BCUT2D eigenvalue weighted by Gasteiger charge is -2.16. The fourth-order valence-electron chi connectivity index (χ4n) is 3.34. The summed E-state index contributed by atoms with van der Waals surface area (Å²) in [5.74, 6) is -1.14. The van der Waals surface area contributed by atoms with Crippen LogP contribution < -0.4 is 0 Å². The third-order valence-corrected chi connectivity index (χ3v) is 4.99. The van der Waals surface area contributed by atoms with Crippen molar-refractivity contribution >= 4 is 11.8 Å². The highest BCUT2D eigenvalue weighted by Gasteiger charge is 2.34. The Hall–Kier alpha value is -2.14. The Morgan fingerprint density at radius 3 is 2.59 bits per heavy atom.